The number of nitrogens with zero attached hydrogens (tertiary/aromatic N) is 3. The molecule has 6 nitrogen and oxygen atoms in total. The fourth-order valence-electron chi connectivity index (χ4n) is 2.29. The molecule has 0 spiro atoms. The van der Waals surface area contributed by atoms with E-state index in [0.29, 0.717) is 24.1 Å². The van der Waals surface area contributed by atoms with Gasteiger partial charge in [0.05, 0.1) is 24.1 Å². The summed E-state index contributed by atoms with van der Waals surface area (Å²) in [5.41, 5.74) is 0.892. The number of carbonyl (C=O) groups excluding carboxylic acids is 1. The Morgan fingerprint density at radius 2 is 2.36 bits per heavy atom. The van der Waals surface area contributed by atoms with Crippen molar-refractivity contribution < 1.29 is 9.21 Å². The molecule has 3 heterocycles. The van der Waals surface area contributed by atoms with Crippen molar-refractivity contribution in [2.24, 2.45) is 0 Å². The van der Waals surface area contributed by atoms with Crippen LogP contribution in [0.5, 0.6) is 0 Å². The highest BCUT2D eigenvalue weighted by molar-refractivity contribution is 7.99. The second-order valence-electron chi connectivity index (χ2n) is 5.24. The van der Waals surface area contributed by atoms with Crippen LogP contribution in [0.1, 0.15) is 10.6 Å². The number of amides is 1. The van der Waals surface area contributed by atoms with Crippen molar-refractivity contribution in [2.75, 3.05) is 5.75 Å². The van der Waals surface area contributed by atoms with E-state index in [1.165, 1.54) is 11.8 Å². The Balaban J connectivity index is 1.66. The zero-order chi connectivity index (χ0) is 17.6. The van der Waals surface area contributed by atoms with Gasteiger partial charge in [-0.25, -0.2) is 0 Å². The zero-order valence-electron chi connectivity index (χ0n) is 13.8. The standard InChI is InChI=1S/C17H18N4O2S2/c1-3-7-21-16(14-6-8-23-12(14)2)19-20-17(21)25-11-15(22)18-10-13-5-4-9-24-13/h3-6,8-9H,1,7,10-11H2,2H3,(H,18,22). The number of furan rings is 1. The van der Waals surface area contributed by atoms with Crippen LogP contribution in [-0.2, 0) is 17.9 Å². The van der Waals surface area contributed by atoms with Crippen molar-refractivity contribution in [3.05, 3.63) is 53.1 Å². The number of aromatic nitrogens is 3. The number of aryl methyl sites for hydroxylation is 1. The van der Waals surface area contributed by atoms with Crippen LogP contribution in [0.25, 0.3) is 11.4 Å². The van der Waals surface area contributed by atoms with E-state index in [1.54, 1.807) is 23.7 Å². The summed E-state index contributed by atoms with van der Waals surface area (Å²) in [7, 11) is 0. The summed E-state index contributed by atoms with van der Waals surface area (Å²) in [6, 6.07) is 5.83. The van der Waals surface area contributed by atoms with Crippen molar-refractivity contribution in [3.8, 4) is 11.4 Å². The molecule has 0 aliphatic carbocycles. The van der Waals surface area contributed by atoms with Gasteiger partial charge in [-0.15, -0.1) is 28.1 Å². The smallest absolute Gasteiger partial charge is 0.230 e. The third kappa shape index (κ3) is 4.21. The Hall–Kier alpha value is -2.32. The first-order valence-corrected chi connectivity index (χ1v) is 9.56. The van der Waals surface area contributed by atoms with Crippen molar-refractivity contribution in [1.82, 2.24) is 20.1 Å². The van der Waals surface area contributed by atoms with E-state index in [9.17, 15) is 4.79 Å². The molecule has 3 rings (SSSR count). The number of hydrogen-bond acceptors (Lipinski definition) is 6. The SMILES string of the molecule is C=CCn1c(SCC(=O)NCc2cccs2)nnc1-c1ccoc1C. The van der Waals surface area contributed by atoms with Crippen LogP contribution >= 0.6 is 23.1 Å². The Labute approximate surface area is 154 Å². The van der Waals surface area contributed by atoms with Crippen LogP contribution in [0.4, 0.5) is 0 Å². The summed E-state index contributed by atoms with van der Waals surface area (Å²) < 4.78 is 7.28. The van der Waals surface area contributed by atoms with E-state index in [1.807, 2.05) is 35.1 Å². The second-order valence-corrected chi connectivity index (χ2v) is 7.22. The summed E-state index contributed by atoms with van der Waals surface area (Å²) in [5, 5.41) is 14.1. The third-order valence-corrected chi connectivity index (χ3v) is 5.34. The molecule has 1 N–H and O–H groups in total. The monoisotopic (exact) mass is 374 g/mol. The van der Waals surface area contributed by atoms with Crippen molar-refractivity contribution >= 4 is 29.0 Å². The number of carbonyl (C=O) groups is 1. The molecule has 0 aliphatic rings. The Morgan fingerprint density at radius 3 is 3.04 bits per heavy atom. The van der Waals surface area contributed by atoms with Gasteiger partial charge in [-0.3, -0.25) is 9.36 Å². The van der Waals surface area contributed by atoms with Crippen LogP contribution in [0.2, 0.25) is 0 Å². The first-order valence-electron chi connectivity index (χ1n) is 7.69. The molecule has 0 atom stereocenters. The molecule has 0 bridgehead atoms. The Morgan fingerprint density at radius 1 is 1.48 bits per heavy atom. The molecule has 0 saturated carbocycles. The lowest BCUT2D eigenvalue weighted by Crippen LogP contribution is -2.24. The van der Waals surface area contributed by atoms with Crippen LogP contribution in [0.15, 0.2) is 52.1 Å². The quantitative estimate of drug-likeness (QED) is 0.482. The van der Waals surface area contributed by atoms with E-state index in [4.69, 9.17) is 4.42 Å². The number of rotatable bonds is 8. The van der Waals surface area contributed by atoms with Crippen LogP contribution in [0, 0.1) is 6.92 Å². The van der Waals surface area contributed by atoms with Crippen molar-refractivity contribution in [3.63, 3.8) is 0 Å². The predicted molar refractivity (Wildman–Crippen MR) is 99.5 cm³/mol. The number of thioether (sulfide) groups is 1. The molecule has 0 saturated heterocycles. The summed E-state index contributed by atoms with van der Waals surface area (Å²) in [5.74, 6) is 1.74. The lowest BCUT2D eigenvalue weighted by atomic mass is 10.2. The molecule has 0 radical (unpaired) electrons. The molecule has 0 aromatic carbocycles. The number of thiophene rings is 1. The molecule has 1 amide bonds. The lowest BCUT2D eigenvalue weighted by molar-refractivity contribution is -0.118. The highest BCUT2D eigenvalue weighted by Crippen LogP contribution is 2.27. The van der Waals surface area contributed by atoms with Gasteiger partial charge in [0.1, 0.15) is 5.76 Å². The topological polar surface area (TPSA) is 73.0 Å². The average Bonchev–Trinajstić information content (AvgIpc) is 3.33. The lowest BCUT2D eigenvalue weighted by Gasteiger charge is -2.07. The normalized spacial score (nSPS) is 10.8. The van der Waals surface area contributed by atoms with Gasteiger partial charge >= 0.3 is 0 Å². The van der Waals surface area contributed by atoms with Crippen LogP contribution in [0.3, 0.4) is 0 Å². The van der Waals surface area contributed by atoms with E-state index >= 15 is 0 Å². The molecule has 8 heteroatoms. The first-order chi connectivity index (χ1) is 12.2. The van der Waals surface area contributed by atoms with Gasteiger partial charge in [-0.2, -0.15) is 0 Å². The molecule has 3 aromatic heterocycles. The third-order valence-electron chi connectivity index (χ3n) is 3.50. The van der Waals surface area contributed by atoms with Gasteiger partial charge in [0.15, 0.2) is 11.0 Å². The average molecular weight is 374 g/mol. The summed E-state index contributed by atoms with van der Waals surface area (Å²) in [6.07, 6.45) is 3.41. The number of nitrogens with one attached hydrogen (secondary N) is 1. The maximum absolute atomic E-state index is 12.1. The second kappa shape index (κ2) is 8.17. The fraction of sp³-hybridized carbons (Fsp3) is 0.235. The van der Waals surface area contributed by atoms with Crippen molar-refractivity contribution in [2.45, 2.75) is 25.2 Å². The zero-order valence-corrected chi connectivity index (χ0v) is 15.4. The van der Waals surface area contributed by atoms with E-state index < -0.39 is 0 Å². The minimum atomic E-state index is -0.0346. The van der Waals surface area contributed by atoms with Gasteiger partial charge < -0.3 is 9.73 Å². The molecule has 3 aromatic rings. The predicted octanol–water partition coefficient (Wildman–Crippen LogP) is 3.50. The van der Waals surface area contributed by atoms with Crippen molar-refractivity contribution in [1.29, 1.82) is 0 Å². The molecule has 25 heavy (non-hydrogen) atoms. The van der Waals surface area contributed by atoms with Crippen LogP contribution in [-0.4, -0.2) is 26.4 Å². The fourth-order valence-corrected chi connectivity index (χ4v) is 3.71. The van der Waals surface area contributed by atoms with E-state index in [2.05, 4.69) is 22.1 Å². The summed E-state index contributed by atoms with van der Waals surface area (Å²) in [6.45, 7) is 6.78. The van der Waals surface area contributed by atoms with Gasteiger partial charge in [0, 0.05) is 11.4 Å². The maximum Gasteiger partial charge on any atom is 0.230 e. The van der Waals surface area contributed by atoms with Gasteiger partial charge in [-0.1, -0.05) is 23.9 Å². The Bertz CT molecular complexity index is 852. The number of hydrogen-bond donors (Lipinski definition) is 1. The molecule has 130 valence electrons. The molecule has 0 fully saturated rings. The summed E-state index contributed by atoms with van der Waals surface area (Å²) in [4.78, 5) is 13.2. The minimum absolute atomic E-state index is 0.0346. The van der Waals surface area contributed by atoms with Gasteiger partial charge in [0.2, 0.25) is 5.91 Å². The first kappa shape index (κ1) is 17.5. The minimum Gasteiger partial charge on any atom is -0.469 e. The van der Waals surface area contributed by atoms with E-state index in [0.717, 1.165) is 16.2 Å². The highest BCUT2D eigenvalue weighted by Gasteiger charge is 2.17. The molecule has 0 unspecified atom stereocenters. The highest BCUT2D eigenvalue weighted by atomic mass is 32.2. The number of allylic oxidation sites excluding steroid dienone is 1. The summed E-state index contributed by atoms with van der Waals surface area (Å²) >= 11 is 2.98. The molecular formula is C17H18N4O2S2. The Kier molecular flexibility index (Phi) is 5.72. The maximum atomic E-state index is 12.1. The van der Waals surface area contributed by atoms with Gasteiger partial charge in [-0.05, 0) is 24.4 Å². The van der Waals surface area contributed by atoms with Crippen LogP contribution < -0.4 is 5.32 Å². The molecule has 0 aliphatic heterocycles. The van der Waals surface area contributed by atoms with Gasteiger partial charge in [0.25, 0.3) is 0 Å². The van der Waals surface area contributed by atoms with E-state index in [-0.39, 0.29) is 11.7 Å². The molecular weight excluding hydrogens is 356 g/mol. The largest absolute Gasteiger partial charge is 0.469 e.